The van der Waals surface area contributed by atoms with Crippen molar-refractivity contribution in [3.05, 3.63) is 128 Å². The van der Waals surface area contributed by atoms with E-state index in [4.69, 9.17) is 9.73 Å². The Hall–Kier alpha value is -4.70. The van der Waals surface area contributed by atoms with Crippen LogP contribution in [0.1, 0.15) is 16.7 Å². The van der Waals surface area contributed by atoms with Gasteiger partial charge in [-0.2, -0.15) is 0 Å². The average molecular weight is 529 g/mol. The van der Waals surface area contributed by atoms with Crippen molar-refractivity contribution in [1.82, 2.24) is 0 Å². The van der Waals surface area contributed by atoms with Crippen LogP contribution in [0.25, 0.3) is 0 Å². The highest BCUT2D eigenvalue weighted by Crippen LogP contribution is 2.38. The Kier molecular flexibility index (Phi) is 8.03. The molecule has 0 aromatic heterocycles. The van der Waals surface area contributed by atoms with E-state index in [-0.39, 0.29) is 16.3 Å². The van der Waals surface area contributed by atoms with Gasteiger partial charge in [0.25, 0.3) is 11.4 Å². The van der Waals surface area contributed by atoms with Crippen LogP contribution in [0, 0.1) is 34.1 Å². The van der Waals surface area contributed by atoms with Crippen molar-refractivity contribution in [2.75, 3.05) is 11.4 Å². The SMILES string of the molecule is COc1ccc(C(=Nc2ccc(C)cc2)N(Sc2ccc([N+](=O)[O-])cc2[N+](=O)[O-])c2ccc(C)cc2)cc1. The lowest BCUT2D eigenvalue weighted by molar-refractivity contribution is -0.396. The predicted molar refractivity (Wildman–Crippen MR) is 150 cm³/mol. The number of ether oxygens (including phenoxy) is 1. The van der Waals surface area contributed by atoms with Crippen LogP contribution in [0.15, 0.2) is 101 Å². The van der Waals surface area contributed by atoms with E-state index in [0.29, 0.717) is 17.3 Å². The minimum atomic E-state index is -0.652. The quantitative estimate of drug-likeness (QED) is 0.0769. The van der Waals surface area contributed by atoms with Gasteiger partial charge in [-0.25, -0.2) is 4.99 Å². The minimum Gasteiger partial charge on any atom is -0.497 e. The molecule has 0 saturated heterocycles. The third-order valence-electron chi connectivity index (χ3n) is 5.62. The second kappa shape index (κ2) is 11.6. The van der Waals surface area contributed by atoms with Gasteiger partial charge in [0, 0.05) is 23.6 Å². The molecule has 0 radical (unpaired) electrons. The van der Waals surface area contributed by atoms with Crippen LogP contribution in [-0.2, 0) is 0 Å². The highest BCUT2D eigenvalue weighted by atomic mass is 32.2. The molecule has 0 fully saturated rings. The third-order valence-corrected chi connectivity index (χ3v) is 6.73. The Balaban J connectivity index is 1.91. The molecule has 0 aliphatic carbocycles. The lowest BCUT2D eigenvalue weighted by Crippen LogP contribution is -2.25. The lowest BCUT2D eigenvalue weighted by Gasteiger charge is -2.25. The molecule has 38 heavy (non-hydrogen) atoms. The molecule has 0 amide bonds. The van der Waals surface area contributed by atoms with Gasteiger partial charge in [-0.1, -0.05) is 35.4 Å². The van der Waals surface area contributed by atoms with E-state index in [1.165, 1.54) is 12.1 Å². The second-order valence-electron chi connectivity index (χ2n) is 8.39. The van der Waals surface area contributed by atoms with Crippen LogP contribution >= 0.6 is 11.9 Å². The molecule has 0 bridgehead atoms. The van der Waals surface area contributed by atoms with Gasteiger partial charge in [-0.3, -0.25) is 24.5 Å². The van der Waals surface area contributed by atoms with E-state index < -0.39 is 9.85 Å². The zero-order valence-electron chi connectivity index (χ0n) is 20.9. The second-order valence-corrected chi connectivity index (χ2v) is 9.37. The van der Waals surface area contributed by atoms with Gasteiger partial charge in [0.2, 0.25) is 0 Å². The van der Waals surface area contributed by atoms with E-state index in [1.807, 2.05) is 86.6 Å². The van der Waals surface area contributed by atoms with E-state index in [1.54, 1.807) is 11.4 Å². The minimum absolute atomic E-state index is 0.228. The number of nitro groups is 2. The number of aliphatic imine (C=N–C) groups is 1. The summed E-state index contributed by atoms with van der Waals surface area (Å²) < 4.78 is 7.11. The molecule has 4 rings (SSSR count). The zero-order chi connectivity index (χ0) is 27.2. The van der Waals surface area contributed by atoms with Crippen LogP contribution < -0.4 is 9.04 Å². The van der Waals surface area contributed by atoms with Gasteiger partial charge in [0.05, 0.1) is 34.4 Å². The van der Waals surface area contributed by atoms with Crippen molar-refractivity contribution in [3.8, 4) is 5.75 Å². The summed E-state index contributed by atoms with van der Waals surface area (Å²) in [4.78, 5) is 27.1. The average Bonchev–Trinajstić information content (AvgIpc) is 2.92. The molecule has 0 aliphatic rings. The number of aryl methyl sites for hydroxylation is 2. The molecule has 0 unspecified atom stereocenters. The maximum Gasteiger partial charge on any atom is 0.291 e. The van der Waals surface area contributed by atoms with Crippen molar-refractivity contribution >= 4 is 40.5 Å². The van der Waals surface area contributed by atoms with E-state index in [0.717, 1.165) is 40.4 Å². The van der Waals surface area contributed by atoms with Crippen LogP contribution in [0.5, 0.6) is 5.75 Å². The summed E-state index contributed by atoms with van der Waals surface area (Å²) in [6.07, 6.45) is 0. The van der Waals surface area contributed by atoms with E-state index in [9.17, 15) is 20.2 Å². The van der Waals surface area contributed by atoms with Crippen molar-refractivity contribution in [2.24, 2.45) is 4.99 Å². The molecule has 0 N–H and O–H groups in total. The molecule has 0 aliphatic heterocycles. The number of rotatable bonds is 8. The molecule has 192 valence electrons. The van der Waals surface area contributed by atoms with Gasteiger partial charge in [-0.05, 0) is 68.4 Å². The Morgan fingerprint density at radius 2 is 1.42 bits per heavy atom. The number of methoxy groups -OCH3 is 1. The van der Waals surface area contributed by atoms with Crippen LogP contribution in [0.3, 0.4) is 0 Å². The first-order valence-corrected chi connectivity index (χ1v) is 12.3. The fraction of sp³-hybridized carbons (Fsp3) is 0.107. The molecule has 10 heteroatoms. The summed E-state index contributed by atoms with van der Waals surface area (Å²) in [5.74, 6) is 1.18. The summed E-state index contributed by atoms with van der Waals surface area (Å²) in [7, 11) is 1.58. The topological polar surface area (TPSA) is 111 Å². The van der Waals surface area contributed by atoms with Crippen LogP contribution in [-0.4, -0.2) is 22.8 Å². The van der Waals surface area contributed by atoms with Crippen LogP contribution in [0.2, 0.25) is 0 Å². The largest absolute Gasteiger partial charge is 0.497 e. The molecule has 0 saturated carbocycles. The van der Waals surface area contributed by atoms with E-state index >= 15 is 0 Å². The summed E-state index contributed by atoms with van der Waals surface area (Å²) >= 11 is 1.07. The Morgan fingerprint density at radius 3 is 1.97 bits per heavy atom. The maximum absolute atomic E-state index is 11.9. The number of anilines is 1. The maximum atomic E-state index is 11.9. The molecule has 0 atom stereocenters. The van der Waals surface area contributed by atoms with Gasteiger partial charge in [0.15, 0.2) is 5.84 Å². The van der Waals surface area contributed by atoms with Crippen LogP contribution in [0.4, 0.5) is 22.7 Å². The Bertz CT molecular complexity index is 1490. The first kappa shape index (κ1) is 26.4. The number of nitro benzene ring substituents is 2. The molecular weight excluding hydrogens is 504 g/mol. The molecule has 0 heterocycles. The molecule has 0 spiro atoms. The van der Waals surface area contributed by atoms with Crippen molar-refractivity contribution in [2.45, 2.75) is 18.7 Å². The van der Waals surface area contributed by atoms with Gasteiger partial charge in [-0.15, -0.1) is 0 Å². The smallest absolute Gasteiger partial charge is 0.291 e. The number of nitrogens with zero attached hydrogens (tertiary/aromatic N) is 4. The van der Waals surface area contributed by atoms with Crippen molar-refractivity contribution < 1.29 is 14.6 Å². The van der Waals surface area contributed by atoms with E-state index in [2.05, 4.69) is 0 Å². The molecular formula is C28H24N4O5S. The normalized spacial score (nSPS) is 11.2. The molecule has 4 aromatic carbocycles. The highest BCUT2D eigenvalue weighted by Gasteiger charge is 2.25. The van der Waals surface area contributed by atoms with Gasteiger partial charge >= 0.3 is 0 Å². The fourth-order valence-electron chi connectivity index (χ4n) is 3.54. The number of hydrogen-bond acceptors (Lipinski definition) is 7. The van der Waals surface area contributed by atoms with Gasteiger partial charge in [0.1, 0.15) is 10.6 Å². The highest BCUT2D eigenvalue weighted by molar-refractivity contribution is 8.01. The number of non-ortho nitro benzene ring substituents is 1. The lowest BCUT2D eigenvalue weighted by atomic mass is 10.1. The van der Waals surface area contributed by atoms with Crippen molar-refractivity contribution in [3.63, 3.8) is 0 Å². The van der Waals surface area contributed by atoms with Gasteiger partial charge < -0.3 is 4.74 Å². The summed E-state index contributed by atoms with van der Waals surface area (Å²) in [5.41, 5.74) is 3.55. The number of hydrogen-bond donors (Lipinski definition) is 0. The summed E-state index contributed by atoms with van der Waals surface area (Å²) in [6.45, 7) is 3.95. The number of benzene rings is 4. The fourth-order valence-corrected chi connectivity index (χ4v) is 4.56. The summed E-state index contributed by atoms with van der Waals surface area (Å²) in [6, 6.07) is 26.3. The predicted octanol–water partition coefficient (Wildman–Crippen LogP) is 7.42. The zero-order valence-corrected chi connectivity index (χ0v) is 21.7. The molecule has 4 aromatic rings. The molecule has 9 nitrogen and oxygen atoms in total. The first-order valence-electron chi connectivity index (χ1n) is 11.5. The number of amidine groups is 1. The third kappa shape index (κ3) is 6.16. The monoisotopic (exact) mass is 528 g/mol. The first-order chi connectivity index (χ1) is 18.2. The summed E-state index contributed by atoms with van der Waals surface area (Å²) in [5, 5.41) is 23.2. The van der Waals surface area contributed by atoms with Crippen molar-refractivity contribution in [1.29, 1.82) is 0 Å². The Labute approximate surface area is 223 Å². The standard InChI is InChI=1S/C28H24N4O5S/c1-19-4-10-22(11-5-19)29-28(21-8-15-25(37-3)16-9-21)30(23-12-6-20(2)7-13-23)38-27-17-14-24(31(33)34)18-26(27)32(35)36/h4-18H,1-3H3. The Morgan fingerprint density at radius 1 is 0.816 bits per heavy atom.